The Morgan fingerprint density at radius 2 is 2.12 bits per heavy atom. The predicted octanol–water partition coefficient (Wildman–Crippen LogP) is 2.36. The molecular formula is C18H24N6O. The highest BCUT2D eigenvalue weighted by Crippen LogP contribution is 2.29. The zero-order chi connectivity index (χ0) is 17.8. The molecular weight excluding hydrogens is 316 g/mol. The third kappa shape index (κ3) is 3.81. The molecule has 0 bridgehead atoms. The highest BCUT2D eigenvalue weighted by atomic mass is 16.2. The van der Waals surface area contributed by atoms with Crippen LogP contribution in [0.4, 0.5) is 17.3 Å². The van der Waals surface area contributed by atoms with E-state index in [2.05, 4.69) is 32.6 Å². The van der Waals surface area contributed by atoms with E-state index in [9.17, 15) is 4.79 Å². The number of nitrogens with zero attached hydrogens (tertiary/aromatic N) is 3. The molecule has 7 nitrogen and oxygen atoms in total. The Morgan fingerprint density at radius 1 is 1.32 bits per heavy atom. The van der Waals surface area contributed by atoms with Gasteiger partial charge in [-0.05, 0) is 37.3 Å². The third-order valence-electron chi connectivity index (χ3n) is 4.50. The largest absolute Gasteiger partial charge is 0.393 e. The Hall–Kier alpha value is -2.83. The first-order chi connectivity index (χ1) is 12.1. The van der Waals surface area contributed by atoms with Crippen molar-refractivity contribution < 1.29 is 4.79 Å². The van der Waals surface area contributed by atoms with Crippen LogP contribution in [-0.4, -0.2) is 29.0 Å². The Kier molecular flexibility index (Phi) is 5.02. The van der Waals surface area contributed by atoms with Gasteiger partial charge >= 0.3 is 0 Å². The summed E-state index contributed by atoms with van der Waals surface area (Å²) in [4.78, 5) is 23.0. The van der Waals surface area contributed by atoms with Gasteiger partial charge < -0.3 is 10.6 Å². The van der Waals surface area contributed by atoms with Crippen LogP contribution in [0.5, 0.6) is 0 Å². The quantitative estimate of drug-likeness (QED) is 0.740. The second-order valence-electron chi connectivity index (χ2n) is 6.55. The predicted molar refractivity (Wildman–Crippen MR) is 99.3 cm³/mol. The number of nitrogens with two attached hydrogens (primary N) is 1. The molecule has 132 valence electrons. The van der Waals surface area contributed by atoms with E-state index in [-0.39, 0.29) is 5.91 Å². The summed E-state index contributed by atoms with van der Waals surface area (Å²) in [5, 5.41) is 0. The van der Waals surface area contributed by atoms with Crippen molar-refractivity contribution in [3.05, 3.63) is 41.7 Å². The first kappa shape index (κ1) is 17.0. The summed E-state index contributed by atoms with van der Waals surface area (Å²) in [5.41, 5.74) is 13.7. The van der Waals surface area contributed by atoms with Crippen LogP contribution in [0.25, 0.3) is 0 Å². The van der Waals surface area contributed by atoms with Gasteiger partial charge in [0.05, 0.1) is 0 Å². The van der Waals surface area contributed by atoms with Gasteiger partial charge in [-0.2, -0.15) is 0 Å². The Labute approximate surface area is 147 Å². The van der Waals surface area contributed by atoms with Crippen molar-refractivity contribution >= 4 is 23.2 Å². The maximum atomic E-state index is 12.3. The summed E-state index contributed by atoms with van der Waals surface area (Å²) in [6, 6.07) is 7.39. The SMILES string of the molecule is Cc1ccccc1C(=O)NNc1ncnc(N2CCCC(C)C2)c1N. The van der Waals surface area contributed by atoms with Gasteiger partial charge in [-0.15, -0.1) is 0 Å². The van der Waals surface area contributed by atoms with E-state index in [1.807, 2.05) is 25.1 Å². The van der Waals surface area contributed by atoms with Crippen molar-refractivity contribution in [2.75, 3.05) is 29.1 Å². The van der Waals surface area contributed by atoms with E-state index < -0.39 is 0 Å². The molecule has 2 heterocycles. The number of hydrogen-bond acceptors (Lipinski definition) is 6. The second kappa shape index (κ2) is 7.38. The molecule has 1 aliphatic rings. The lowest BCUT2D eigenvalue weighted by molar-refractivity contribution is 0.0962. The van der Waals surface area contributed by atoms with Crippen LogP contribution in [0.3, 0.4) is 0 Å². The van der Waals surface area contributed by atoms with Gasteiger partial charge in [-0.1, -0.05) is 25.1 Å². The van der Waals surface area contributed by atoms with Crippen molar-refractivity contribution in [3.8, 4) is 0 Å². The lowest BCUT2D eigenvalue weighted by Gasteiger charge is -2.32. The molecule has 1 fully saturated rings. The van der Waals surface area contributed by atoms with Gasteiger partial charge in [0.25, 0.3) is 5.91 Å². The Balaban J connectivity index is 1.72. The van der Waals surface area contributed by atoms with Crippen LogP contribution in [0.1, 0.15) is 35.7 Å². The van der Waals surface area contributed by atoms with Gasteiger partial charge in [0.15, 0.2) is 11.6 Å². The van der Waals surface area contributed by atoms with Gasteiger partial charge in [0.2, 0.25) is 0 Å². The zero-order valence-corrected chi connectivity index (χ0v) is 14.6. The second-order valence-corrected chi connectivity index (χ2v) is 6.55. The molecule has 4 N–H and O–H groups in total. The molecule has 1 saturated heterocycles. The maximum Gasteiger partial charge on any atom is 0.269 e. The number of aromatic nitrogens is 2. The van der Waals surface area contributed by atoms with E-state index >= 15 is 0 Å². The van der Waals surface area contributed by atoms with Crippen molar-refractivity contribution in [2.45, 2.75) is 26.7 Å². The molecule has 7 heteroatoms. The van der Waals surface area contributed by atoms with Gasteiger partial charge in [-0.3, -0.25) is 15.6 Å². The molecule has 1 atom stereocenters. The monoisotopic (exact) mass is 340 g/mol. The first-order valence-corrected chi connectivity index (χ1v) is 8.53. The molecule has 0 aliphatic carbocycles. The number of nitrogen functional groups attached to an aromatic ring is 1. The van der Waals surface area contributed by atoms with Gasteiger partial charge in [0.1, 0.15) is 12.0 Å². The Bertz CT molecular complexity index is 763. The molecule has 1 aromatic heterocycles. The molecule has 0 saturated carbocycles. The molecule has 25 heavy (non-hydrogen) atoms. The number of anilines is 3. The first-order valence-electron chi connectivity index (χ1n) is 8.53. The number of hydrazine groups is 1. The minimum atomic E-state index is -0.232. The van der Waals surface area contributed by atoms with E-state index in [0.717, 1.165) is 25.1 Å². The fraction of sp³-hybridized carbons (Fsp3) is 0.389. The number of aryl methyl sites for hydroxylation is 1. The summed E-state index contributed by atoms with van der Waals surface area (Å²) < 4.78 is 0. The van der Waals surface area contributed by atoms with Crippen LogP contribution in [-0.2, 0) is 0 Å². The van der Waals surface area contributed by atoms with Crippen molar-refractivity contribution in [1.82, 2.24) is 15.4 Å². The van der Waals surface area contributed by atoms with Crippen LogP contribution >= 0.6 is 0 Å². The fourth-order valence-electron chi connectivity index (χ4n) is 3.13. The normalized spacial score (nSPS) is 17.2. The Morgan fingerprint density at radius 3 is 2.88 bits per heavy atom. The molecule has 1 unspecified atom stereocenters. The minimum absolute atomic E-state index is 0.232. The molecule has 3 rings (SSSR count). The average Bonchev–Trinajstić information content (AvgIpc) is 2.61. The van der Waals surface area contributed by atoms with Crippen LogP contribution in [0.2, 0.25) is 0 Å². The number of rotatable bonds is 4. The van der Waals surface area contributed by atoms with Crippen LogP contribution < -0.4 is 21.5 Å². The highest BCUT2D eigenvalue weighted by molar-refractivity contribution is 5.96. The van der Waals surface area contributed by atoms with Crippen LogP contribution in [0, 0.1) is 12.8 Å². The number of hydrogen-bond donors (Lipinski definition) is 3. The third-order valence-corrected chi connectivity index (χ3v) is 4.50. The van der Waals surface area contributed by atoms with E-state index in [1.54, 1.807) is 6.07 Å². The highest BCUT2D eigenvalue weighted by Gasteiger charge is 2.21. The smallest absolute Gasteiger partial charge is 0.269 e. The maximum absolute atomic E-state index is 12.3. The standard InChI is InChI=1S/C18H24N6O/c1-12-6-5-9-24(10-12)17-15(19)16(20-11-21-17)22-23-18(25)14-8-4-3-7-13(14)2/h3-4,7-8,11-12H,5-6,9-10,19H2,1-2H3,(H,23,25)(H,20,21,22). The van der Waals surface area contributed by atoms with E-state index in [0.29, 0.717) is 28.8 Å². The fourth-order valence-corrected chi connectivity index (χ4v) is 3.13. The van der Waals surface area contributed by atoms with Crippen molar-refractivity contribution in [1.29, 1.82) is 0 Å². The number of benzene rings is 1. The van der Waals surface area contributed by atoms with Crippen molar-refractivity contribution in [3.63, 3.8) is 0 Å². The number of amides is 1. The molecule has 1 aliphatic heterocycles. The summed E-state index contributed by atoms with van der Waals surface area (Å²) in [6.45, 7) is 5.98. The lowest BCUT2D eigenvalue weighted by atomic mass is 10.0. The molecule has 0 spiro atoms. The van der Waals surface area contributed by atoms with E-state index in [4.69, 9.17) is 5.73 Å². The molecule has 0 radical (unpaired) electrons. The zero-order valence-electron chi connectivity index (χ0n) is 14.6. The lowest BCUT2D eigenvalue weighted by Crippen LogP contribution is -2.36. The van der Waals surface area contributed by atoms with Gasteiger partial charge in [0, 0.05) is 18.7 Å². The van der Waals surface area contributed by atoms with Gasteiger partial charge in [-0.25, -0.2) is 9.97 Å². The topological polar surface area (TPSA) is 96.2 Å². The van der Waals surface area contributed by atoms with Crippen molar-refractivity contribution in [2.24, 2.45) is 5.92 Å². The molecule has 2 aromatic rings. The minimum Gasteiger partial charge on any atom is -0.393 e. The summed E-state index contributed by atoms with van der Waals surface area (Å²) in [5.74, 6) is 1.50. The molecule has 1 amide bonds. The van der Waals surface area contributed by atoms with E-state index in [1.165, 1.54) is 12.7 Å². The summed E-state index contributed by atoms with van der Waals surface area (Å²) in [7, 11) is 0. The summed E-state index contributed by atoms with van der Waals surface area (Å²) in [6.07, 6.45) is 3.81. The number of nitrogens with one attached hydrogen (secondary N) is 2. The number of piperidine rings is 1. The number of carbonyl (C=O) groups excluding carboxylic acids is 1. The summed E-state index contributed by atoms with van der Waals surface area (Å²) >= 11 is 0. The average molecular weight is 340 g/mol. The number of carbonyl (C=O) groups is 1. The van der Waals surface area contributed by atoms with Crippen LogP contribution in [0.15, 0.2) is 30.6 Å². The molecule has 1 aromatic carbocycles.